The minimum absolute atomic E-state index is 0.288. The fraction of sp³-hybridized carbons (Fsp3) is 0.0870. The van der Waals surface area contributed by atoms with Crippen LogP contribution in [0.1, 0.15) is 21.5 Å². The van der Waals surface area contributed by atoms with Gasteiger partial charge in [0, 0.05) is 17.6 Å². The van der Waals surface area contributed by atoms with Crippen molar-refractivity contribution in [2.24, 2.45) is 0 Å². The van der Waals surface area contributed by atoms with E-state index in [0.29, 0.717) is 18.7 Å². The van der Waals surface area contributed by atoms with Gasteiger partial charge in [-0.2, -0.15) is 0 Å². The van der Waals surface area contributed by atoms with Gasteiger partial charge < -0.3 is 9.73 Å². The maximum atomic E-state index is 12.5. The van der Waals surface area contributed by atoms with Crippen molar-refractivity contribution in [1.29, 1.82) is 0 Å². The molecule has 0 fully saturated rings. The Hall–Kier alpha value is -3.57. The van der Waals surface area contributed by atoms with Gasteiger partial charge in [0.1, 0.15) is 5.58 Å². The number of anilines is 1. The molecule has 4 rings (SSSR count). The van der Waals surface area contributed by atoms with Gasteiger partial charge in [-0.1, -0.05) is 48.5 Å². The fourth-order valence-corrected chi connectivity index (χ4v) is 2.97. The lowest BCUT2D eigenvalue weighted by molar-refractivity contribution is 0.0234. The van der Waals surface area contributed by atoms with Gasteiger partial charge >= 0.3 is 0 Å². The third kappa shape index (κ3) is 4.22. The fourth-order valence-electron chi connectivity index (χ4n) is 2.97. The van der Waals surface area contributed by atoms with E-state index in [-0.39, 0.29) is 5.91 Å². The first-order valence-electron chi connectivity index (χ1n) is 9.05. The van der Waals surface area contributed by atoms with Gasteiger partial charge in [-0.3, -0.25) is 9.63 Å². The van der Waals surface area contributed by atoms with Crippen LogP contribution in [-0.4, -0.2) is 5.91 Å². The zero-order chi connectivity index (χ0) is 19.2. The Balaban J connectivity index is 1.38. The van der Waals surface area contributed by atoms with E-state index >= 15 is 0 Å². The molecule has 140 valence electrons. The van der Waals surface area contributed by atoms with Crippen LogP contribution in [0.15, 0.2) is 89.5 Å². The number of hydroxylamine groups is 1. The van der Waals surface area contributed by atoms with Crippen LogP contribution in [-0.2, 0) is 18.0 Å². The van der Waals surface area contributed by atoms with E-state index in [0.717, 1.165) is 27.8 Å². The molecule has 0 saturated carbocycles. The van der Waals surface area contributed by atoms with Crippen molar-refractivity contribution >= 4 is 22.6 Å². The molecular weight excluding hydrogens is 352 g/mol. The lowest BCUT2D eigenvalue weighted by Gasteiger charge is -2.12. The summed E-state index contributed by atoms with van der Waals surface area (Å²) >= 11 is 0. The van der Waals surface area contributed by atoms with Crippen molar-refractivity contribution < 1.29 is 14.0 Å². The number of rotatable bonds is 7. The van der Waals surface area contributed by atoms with Gasteiger partial charge in [0.25, 0.3) is 5.91 Å². The largest absolute Gasteiger partial charge is 0.464 e. The molecule has 1 aromatic heterocycles. The molecule has 0 bridgehead atoms. The molecule has 5 heteroatoms. The van der Waals surface area contributed by atoms with Crippen LogP contribution in [0, 0.1) is 0 Å². The molecule has 5 nitrogen and oxygen atoms in total. The number of carbonyl (C=O) groups excluding carboxylic acids is 1. The Kier molecular flexibility index (Phi) is 5.36. The van der Waals surface area contributed by atoms with Crippen LogP contribution < -0.4 is 10.8 Å². The van der Waals surface area contributed by atoms with Crippen molar-refractivity contribution in [2.75, 3.05) is 5.32 Å². The summed E-state index contributed by atoms with van der Waals surface area (Å²) in [5.41, 5.74) is 6.74. The maximum Gasteiger partial charge on any atom is 0.276 e. The van der Waals surface area contributed by atoms with Gasteiger partial charge in [0.2, 0.25) is 0 Å². The number of hydrogen-bond acceptors (Lipinski definition) is 4. The van der Waals surface area contributed by atoms with Crippen LogP contribution >= 0.6 is 0 Å². The van der Waals surface area contributed by atoms with E-state index in [1.54, 1.807) is 12.3 Å². The van der Waals surface area contributed by atoms with Crippen molar-refractivity contribution in [1.82, 2.24) is 5.48 Å². The molecule has 1 amide bonds. The highest BCUT2D eigenvalue weighted by Crippen LogP contribution is 2.20. The average molecular weight is 372 g/mol. The zero-order valence-corrected chi connectivity index (χ0v) is 15.2. The van der Waals surface area contributed by atoms with E-state index in [1.807, 2.05) is 66.7 Å². The predicted molar refractivity (Wildman–Crippen MR) is 109 cm³/mol. The molecule has 0 saturated heterocycles. The Labute approximate surface area is 162 Å². The summed E-state index contributed by atoms with van der Waals surface area (Å²) in [6.07, 6.45) is 1.68. The summed E-state index contributed by atoms with van der Waals surface area (Å²) in [6.45, 7) is 0.906. The number of carbonyl (C=O) groups is 1. The molecule has 0 radical (unpaired) electrons. The Morgan fingerprint density at radius 1 is 0.893 bits per heavy atom. The summed E-state index contributed by atoms with van der Waals surface area (Å²) in [7, 11) is 0. The Morgan fingerprint density at radius 3 is 2.61 bits per heavy atom. The third-order valence-corrected chi connectivity index (χ3v) is 4.42. The Bertz CT molecular complexity index is 1070. The second-order valence-corrected chi connectivity index (χ2v) is 6.40. The first-order valence-corrected chi connectivity index (χ1v) is 9.05. The van der Waals surface area contributed by atoms with E-state index in [2.05, 4.69) is 16.9 Å². The number of amides is 1. The van der Waals surface area contributed by atoms with Gasteiger partial charge in [0.05, 0.1) is 18.4 Å². The van der Waals surface area contributed by atoms with E-state index in [9.17, 15) is 4.79 Å². The average Bonchev–Trinajstić information content (AvgIpc) is 3.21. The molecule has 0 atom stereocenters. The summed E-state index contributed by atoms with van der Waals surface area (Å²) in [5.74, 6) is -0.288. The van der Waals surface area contributed by atoms with Crippen molar-refractivity contribution in [3.63, 3.8) is 0 Å². The highest BCUT2D eigenvalue weighted by atomic mass is 16.6. The van der Waals surface area contributed by atoms with Crippen LogP contribution in [0.3, 0.4) is 0 Å². The normalized spacial score (nSPS) is 10.7. The number of benzene rings is 3. The standard InChI is InChI=1S/C23H20N2O3/c26-23(25-28-16-17-6-2-1-3-7-17)20-8-4-5-9-21(20)24-15-18-10-11-22-19(14-18)12-13-27-22/h1-14,24H,15-16H2,(H,25,26). The number of hydrogen-bond donors (Lipinski definition) is 2. The Morgan fingerprint density at radius 2 is 1.71 bits per heavy atom. The van der Waals surface area contributed by atoms with E-state index < -0.39 is 0 Å². The van der Waals surface area contributed by atoms with Gasteiger partial charge in [-0.25, -0.2) is 5.48 Å². The SMILES string of the molecule is O=C(NOCc1ccccc1)c1ccccc1NCc1ccc2occc2c1. The van der Waals surface area contributed by atoms with Crippen molar-refractivity contribution in [3.8, 4) is 0 Å². The molecule has 1 heterocycles. The number of para-hydroxylation sites is 1. The quantitative estimate of drug-likeness (QED) is 0.453. The van der Waals surface area contributed by atoms with E-state index in [4.69, 9.17) is 9.25 Å². The monoisotopic (exact) mass is 372 g/mol. The molecular formula is C23H20N2O3. The van der Waals surface area contributed by atoms with Crippen LogP contribution in [0.25, 0.3) is 11.0 Å². The maximum absolute atomic E-state index is 12.5. The molecule has 0 spiro atoms. The van der Waals surface area contributed by atoms with E-state index in [1.165, 1.54) is 0 Å². The smallest absolute Gasteiger partial charge is 0.276 e. The minimum atomic E-state index is -0.288. The van der Waals surface area contributed by atoms with Crippen LogP contribution in [0.5, 0.6) is 0 Å². The molecule has 4 aromatic rings. The number of fused-ring (bicyclic) bond motifs is 1. The summed E-state index contributed by atoms with van der Waals surface area (Å²) in [5, 5.41) is 4.38. The van der Waals surface area contributed by atoms with Gasteiger partial charge in [0.15, 0.2) is 0 Å². The zero-order valence-electron chi connectivity index (χ0n) is 15.2. The molecule has 0 unspecified atom stereocenters. The first-order chi connectivity index (χ1) is 13.8. The number of nitrogens with one attached hydrogen (secondary N) is 2. The molecule has 0 aliphatic heterocycles. The molecule has 0 aliphatic carbocycles. The van der Waals surface area contributed by atoms with Crippen molar-refractivity contribution in [3.05, 3.63) is 102 Å². The summed E-state index contributed by atoms with van der Waals surface area (Å²) < 4.78 is 5.37. The highest BCUT2D eigenvalue weighted by Gasteiger charge is 2.11. The van der Waals surface area contributed by atoms with Crippen LogP contribution in [0.2, 0.25) is 0 Å². The molecule has 28 heavy (non-hydrogen) atoms. The first kappa shape index (κ1) is 17.8. The van der Waals surface area contributed by atoms with Gasteiger partial charge in [-0.15, -0.1) is 0 Å². The lowest BCUT2D eigenvalue weighted by Crippen LogP contribution is -2.24. The predicted octanol–water partition coefficient (Wildman–Crippen LogP) is 4.91. The topological polar surface area (TPSA) is 63.5 Å². The highest BCUT2D eigenvalue weighted by molar-refractivity contribution is 5.99. The van der Waals surface area contributed by atoms with Gasteiger partial charge in [-0.05, 0) is 41.5 Å². The van der Waals surface area contributed by atoms with Crippen molar-refractivity contribution in [2.45, 2.75) is 13.2 Å². The second kappa shape index (κ2) is 8.41. The number of furan rings is 1. The summed E-state index contributed by atoms with van der Waals surface area (Å²) in [6, 6.07) is 25.0. The van der Waals surface area contributed by atoms with Crippen LogP contribution in [0.4, 0.5) is 5.69 Å². The minimum Gasteiger partial charge on any atom is -0.464 e. The molecule has 3 aromatic carbocycles. The summed E-state index contributed by atoms with van der Waals surface area (Å²) in [4.78, 5) is 17.9. The third-order valence-electron chi connectivity index (χ3n) is 4.42. The molecule has 0 aliphatic rings. The molecule has 2 N–H and O–H groups in total. The lowest BCUT2D eigenvalue weighted by atomic mass is 10.1. The second-order valence-electron chi connectivity index (χ2n) is 6.40.